The zero-order chi connectivity index (χ0) is 20.1. The van der Waals surface area contributed by atoms with Gasteiger partial charge in [-0.25, -0.2) is 13.2 Å². The zero-order valence-electron chi connectivity index (χ0n) is 15.9. The topological polar surface area (TPSA) is 90.0 Å². The van der Waals surface area contributed by atoms with Crippen LogP contribution < -0.4 is 4.74 Å². The molecule has 152 valence electrons. The highest BCUT2D eigenvalue weighted by atomic mass is 32.2. The molecular formula is C20H25NO6S. The van der Waals surface area contributed by atoms with Crippen molar-refractivity contribution in [2.75, 3.05) is 24.7 Å². The first kappa shape index (κ1) is 20.4. The fourth-order valence-electron chi connectivity index (χ4n) is 3.37. The number of amides is 1. The Hall–Kier alpha value is -2.35. The van der Waals surface area contributed by atoms with E-state index < -0.39 is 15.8 Å². The van der Waals surface area contributed by atoms with E-state index >= 15 is 0 Å². The second-order valence-corrected chi connectivity index (χ2v) is 9.23. The molecule has 1 aromatic carbocycles. The molecule has 1 atom stereocenters. The maximum atomic E-state index is 12.6. The van der Waals surface area contributed by atoms with Crippen molar-refractivity contribution in [1.29, 1.82) is 0 Å². The van der Waals surface area contributed by atoms with Crippen LogP contribution in [0.3, 0.4) is 0 Å². The molecule has 1 aliphatic heterocycles. The summed E-state index contributed by atoms with van der Waals surface area (Å²) in [5, 5.41) is 0. The molecule has 8 heteroatoms. The highest BCUT2D eigenvalue weighted by molar-refractivity contribution is 7.91. The van der Waals surface area contributed by atoms with E-state index in [1.807, 2.05) is 25.1 Å². The molecule has 0 bridgehead atoms. The van der Waals surface area contributed by atoms with Crippen molar-refractivity contribution in [1.82, 2.24) is 4.90 Å². The van der Waals surface area contributed by atoms with E-state index in [9.17, 15) is 18.0 Å². The van der Waals surface area contributed by atoms with Crippen LogP contribution in [0.25, 0.3) is 6.08 Å². The lowest BCUT2D eigenvalue weighted by molar-refractivity contribution is -0.149. The predicted molar refractivity (Wildman–Crippen MR) is 105 cm³/mol. The molecular weight excluding hydrogens is 382 g/mol. The maximum Gasteiger partial charge on any atom is 0.331 e. The predicted octanol–water partition coefficient (Wildman–Crippen LogP) is 1.82. The van der Waals surface area contributed by atoms with Gasteiger partial charge in [0.15, 0.2) is 16.4 Å². The Morgan fingerprint density at radius 3 is 2.57 bits per heavy atom. The normalized spacial score (nSPS) is 20.8. The van der Waals surface area contributed by atoms with E-state index in [2.05, 4.69) is 0 Å². The average Bonchev–Trinajstić information content (AvgIpc) is 3.42. The van der Waals surface area contributed by atoms with Crippen molar-refractivity contribution in [2.24, 2.45) is 0 Å². The number of benzene rings is 1. The van der Waals surface area contributed by atoms with Gasteiger partial charge in [-0.3, -0.25) is 4.79 Å². The summed E-state index contributed by atoms with van der Waals surface area (Å²) in [5.41, 5.74) is 0.739. The lowest BCUT2D eigenvalue weighted by Gasteiger charge is -2.28. The first-order chi connectivity index (χ1) is 13.4. The Bertz CT molecular complexity index is 859. The minimum atomic E-state index is -3.08. The number of ether oxygens (including phenoxy) is 2. The van der Waals surface area contributed by atoms with E-state index in [1.54, 1.807) is 17.0 Å². The van der Waals surface area contributed by atoms with Crippen molar-refractivity contribution in [3.63, 3.8) is 0 Å². The second kappa shape index (κ2) is 8.77. The first-order valence-corrected chi connectivity index (χ1v) is 11.3. The van der Waals surface area contributed by atoms with Gasteiger partial charge in [0.2, 0.25) is 0 Å². The number of para-hydroxylation sites is 1. The fourth-order valence-corrected chi connectivity index (χ4v) is 5.08. The number of carbonyl (C=O) groups is 2. The van der Waals surface area contributed by atoms with Gasteiger partial charge in [0.25, 0.3) is 5.91 Å². The van der Waals surface area contributed by atoms with Gasteiger partial charge in [0.05, 0.1) is 18.1 Å². The zero-order valence-corrected chi connectivity index (χ0v) is 16.7. The Balaban J connectivity index is 1.55. The number of nitrogens with zero attached hydrogens (tertiary/aromatic N) is 1. The molecule has 1 heterocycles. The SMILES string of the molecule is CCOc1ccccc1/C=C/C(=O)OCC(=O)N(C1CC1)[C@@H]1CCS(=O)(=O)C1. The van der Waals surface area contributed by atoms with Gasteiger partial charge < -0.3 is 14.4 Å². The van der Waals surface area contributed by atoms with Crippen molar-refractivity contribution < 1.29 is 27.5 Å². The minimum Gasteiger partial charge on any atom is -0.493 e. The van der Waals surface area contributed by atoms with Crippen LogP contribution in [-0.4, -0.2) is 62.0 Å². The molecule has 0 spiro atoms. The first-order valence-electron chi connectivity index (χ1n) is 9.48. The van der Waals surface area contributed by atoms with Crippen molar-refractivity contribution in [3.8, 4) is 5.75 Å². The molecule has 1 aliphatic carbocycles. The van der Waals surface area contributed by atoms with Crippen molar-refractivity contribution in [2.45, 2.75) is 38.3 Å². The third-order valence-electron chi connectivity index (χ3n) is 4.79. The number of rotatable bonds is 8. The largest absolute Gasteiger partial charge is 0.493 e. The minimum absolute atomic E-state index is 0.00268. The molecule has 0 unspecified atom stereocenters. The maximum absolute atomic E-state index is 12.6. The molecule has 2 fully saturated rings. The molecule has 1 aromatic rings. The molecule has 1 saturated carbocycles. The highest BCUT2D eigenvalue weighted by Crippen LogP contribution is 2.32. The molecule has 3 rings (SSSR count). The number of sulfone groups is 1. The van der Waals surface area contributed by atoms with E-state index in [1.165, 1.54) is 6.08 Å². The summed E-state index contributed by atoms with van der Waals surface area (Å²) >= 11 is 0. The molecule has 1 amide bonds. The standard InChI is InChI=1S/C20H25NO6S/c1-2-26-18-6-4-3-5-15(18)7-10-20(23)27-13-19(22)21(16-8-9-16)17-11-12-28(24,25)14-17/h3-7,10,16-17H,2,8-9,11-14H2,1H3/b10-7+/t17-/m1/s1. The van der Waals surface area contributed by atoms with Crippen LogP contribution in [0.2, 0.25) is 0 Å². The summed E-state index contributed by atoms with van der Waals surface area (Å²) in [5.74, 6) is -0.198. The number of hydrogen-bond donors (Lipinski definition) is 0. The second-order valence-electron chi connectivity index (χ2n) is 7.00. The molecule has 2 aliphatic rings. The quantitative estimate of drug-likeness (QED) is 0.482. The molecule has 0 radical (unpaired) electrons. The fraction of sp³-hybridized carbons (Fsp3) is 0.500. The van der Waals surface area contributed by atoms with Crippen LogP contribution in [0.1, 0.15) is 31.7 Å². The van der Waals surface area contributed by atoms with E-state index in [0.717, 1.165) is 18.4 Å². The summed E-state index contributed by atoms with van der Waals surface area (Å²) in [6.07, 6.45) is 5.02. The summed E-state index contributed by atoms with van der Waals surface area (Å²) < 4.78 is 34.0. The van der Waals surface area contributed by atoms with Crippen molar-refractivity contribution >= 4 is 27.8 Å². The smallest absolute Gasteiger partial charge is 0.331 e. The Morgan fingerprint density at radius 2 is 1.93 bits per heavy atom. The molecule has 7 nitrogen and oxygen atoms in total. The Morgan fingerprint density at radius 1 is 1.18 bits per heavy atom. The summed E-state index contributed by atoms with van der Waals surface area (Å²) in [6.45, 7) is 2.00. The Kier molecular flexibility index (Phi) is 6.39. The van der Waals surface area contributed by atoms with E-state index in [4.69, 9.17) is 9.47 Å². The third-order valence-corrected chi connectivity index (χ3v) is 6.54. The van der Waals surface area contributed by atoms with Gasteiger partial charge in [-0.1, -0.05) is 18.2 Å². The van der Waals surface area contributed by atoms with Crippen LogP contribution >= 0.6 is 0 Å². The van der Waals surface area contributed by atoms with Gasteiger partial charge >= 0.3 is 5.97 Å². The highest BCUT2D eigenvalue weighted by Gasteiger charge is 2.42. The van der Waals surface area contributed by atoms with Crippen LogP contribution in [0.15, 0.2) is 30.3 Å². The van der Waals surface area contributed by atoms with Gasteiger partial charge in [-0.05, 0) is 38.3 Å². The summed E-state index contributed by atoms with van der Waals surface area (Å²) in [4.78, 5) is 26.2. The third kappa shape index (κ3) is 5.34. The van der Waals surface area contributed by atoms with Gasteiger partial charge in [-0.15, -0.1) is 0 Å². The van der Waals surface area contributed by atoms with Gasteiger partial charge in [0, 0.05) is 23.7 Å². The number of hydrogen-bond acceptors (Lipinski definition) is 6. The van der Waals surface area contributed by atoms with Crippen LogP contribution in [-0.2, 0) is 24.2 Å². The van der Waals surface area contributed by atoms with E-state index in [0.29, 0.717) is 18.8 Å². The van der Waals surface area contributed by atoms with Crippen LogP contribution in [0.4, 0.5) is 0 Å². The number of carbonyl (C=O) groups excluding carboxylic acids is 2. The molecule has 28 heavy (non-hydrogen) atoms. The van der Waals surface area contributed by atoms with Crippen LogP contribution in [0.5, 0.6) is 5.75 Å². The van der Waals surface area contributed by atoms with Gasteiger partial charge in [-0.2, -0.15) is 0 Å². The van der Waals surface area contributed by atoms with E-state index in [-0.39, 0.29) is 36.1 Å². The lowest BCUT2D eigenvalue weighted by atomic mass is 10.2. The number of esters is 1. The lowest BCUT2D eigenvalue weighted by Crippen LogP contribution is -2.44. The molecule has 0 N–H and O–H groups in total. The van der Waals surface area contributed by atoms with Crippen LogP contribution in [0, 0.1) is 0 Å². The molecule has 0 aromatic heterocycles. The Labute approximate surface area is 165 Å². The average molecular weight is 407 g/mol. The summed E-state index contributed by atoms with van der Waals surface area (Å²) in [6, 6.07) is 7.06. The summed E-state index contributed by atoms with van der Waals surface area (Å²) in [7, 11) is -3.08. The van der Waals surface area contributed by atoms with Crippen molar-refractivity contribution in [3.05, 3.63) is 35.9 Å². The molecule has 1 saturated heterocycles. The monoisotopic (exact) mass is 407 g/mol. The van der Waals surface area contributed by atoms with Gasteiger partial charge in [0.1, 0.15) is 5.75 Å².